The van der Waals surface area contributed by atoms with Crippen LogP contribution in [0, 0.1) is 5.41 Å². The molecule has 0 spiro atoms. The fourth-order valence-corrected chi connectivity index (χ4v) is 1.86. The molecule has 0 bridgehead atoms. The van der Waals surface area contributed by atoms with E-state index < -0.39 is 0 Å². The van der Waals surface area contributed by atoms with Crippen molar-refractivity contribution >= 4 is 0 Å². The van der Waals surface area contributed by atoms with Gasteiger partial charge in [0.1, 0.15) is 0 Å². The van der Waals surface area contributed by atoms with Crippen molar-refractivity contribution in [1.29, 1.82) is 0 Å². The molecular formula is C14H24N2. The van der Waals surface area contributed by atoms with Gasteiger partial charge in [-0.2, -0.15) is 0 Å². The van der Waals surface area contributed by atoms with Crippen molar-refractivity contribution in [2.75, 3.05) is 20.1 Å². The molecule has 0 amide bonds. The van der Waals surface area contributed by atoms with Gasteiger partial charge in [0.05, 0.1) is 0 Å². The Morgan fingerprint density at radius 3 is 2.31 bits per heavy atom. The SMILES string of the molecule is CC(c1ccccc1)N(C)CC(C)(C)CN. The zero-order valence-corrected chi connectivity index (χ0v) is 10.9. The molecule has 2 N–H and O–H groups in total. The van der Waals surface area contributed by atoms with Gasteiger partial charge in [-0.3, -0.25) is 4.90 Å². The van der Waals surface area contributed by atoms with E-state index in [1.54, 1.807) is 0 Å². The van der Waals surface area contributed by atoms with Crippen LogP contribution in [-0.4, -0.2) is 25.0 Å². The van der Waals surface area contributed by atoms with Crippen LogP contribution in [0.3, 0.4) is 0 Å². The Bertz CT molecular complexity index is 306. The van der Waals surface area contributed by atoms with Crippen LogP contribution in [0.5, 0.6) is 0 Å². The number of hydrogen-bond acceptors (Lipinski definition) is 2. The van der Waals surface area contributed by atoms with Gasteiger partial charge in [0.15, 0.2) is 0 Å². The first-order valence-electron chi connectivity index (χ1n) is 5.91. The van der Waals surface area contributed by atoms with Gasteiger partial charge in [-0.25, -0.2) is 0 Å². The van der Waals surface area contributed by atoms with E-state index in [0.29, 0.717) is 6.04 Å². The first-order valence-corrected chi connectivity index (χ1v) is 5.91. The first kappa shape index (κ1) is 13.2. The number of hydrogen-bond donors (Lipinski definition) is 1. The summed E-state index contributed by atoms with van der Waals surface area (Å²) >= 11 is 0. The molecule has 16 heavy (non-hydrogen) atoms. The van der Waals surface area contributed by atoms with Crippen LogP contribution in [0.4, 0.5) is 0 Å². The molecule has 1 aromatic rings. The van der Waals surface area contributed by atoms with Gasteiger partial charge in [0, 0.05) is 12.6 Å². The van der Waals surface area contributed by atoms with Crippen molar-refractivity contribution < 1.29 is 0 Å². The maximum Gasteiger partial charge on any atom is 0.0317 e. The topological polar surface area (TPSA) is 29.3 Å². The van der Waals surface area contributed by atoms with Gasteiger partial charge >= 0.3 is 0 Å². The zero-order chi connectivity index (χ0) is 12.2. The van der Waals surface area contributed by atoms with Crippen LogP contribution in [0.1, 0.15) is 32.4 Å². The molecule has 2 heteroatoms. The minimum absolute atomic E-state index is 0.178. The van der Waals surface area contributed by atoms with E-state index in [4.69, 9.17) is 5.73 Å². The molecule has 0 fully saturated rings. The zero-order valence-electron chi connectivity index (χ0n) is 10.9. The number of benzene rings is 1. The van der Waals surface area contributed by atoms with Crippen LogP contribution >= 0.6 is 0 Å². The minimum Gasteiger partial charge on any atom is -0.330 e. The van der Waals surface area contributed by atoms with Crippen LogP contribution < -0.4 is 5.73 Å². The minimum atomic E-state index is 0.178. The number of nitrogens with two attached hydrogens (primary N) is 1. The largest absolute Gasteiger partial charge is 0.330 e. The lowest BCUT2D eigenvalue weighted by atomic mass is 9.92. The molecule has 0 aliphatic rings. The average molecular weight is 220 g/mol. The van der Waals surface area contributed by atoms with E-state index in [2.05, 4.69) is 63.1 Å². The number of nitrogens with zero attached hydrogens (tertiary/aromatic N) is 1. The summed E-state index contributed by atoms with van der Waals surface area (Å²) in [5.74, 6) is 0. The highest BCUT2D eigenvalue weighted by molar-refractivity contribution is 5.18. The Kier molecular flexibility index (Phi) is 4.51. The summed E-state index contributed by atoms with van der Waals surface area (Å²) < 4.78 is 0. The molecule has 1 atom stereocenters. The second-order valence-corrected chi connectivity index (χ2v) is 5.37. The Hall–Kier alpha value is -0.860. The summed E-state index contributed by atoms with van der Waals surface area (Å²) in [4.78, 5) is 2.36. The van der Waals surface area contributed by atoms with E-state index in [0.717, 1.165) is 13.1 Å². The highest BCUT2D eigenvalue weighted by Crippen LogP contribution is 2.23. The Morgan fingerprint density at radius 1 is 1.25 bits per heavy atom. The van der Waals surface area contributed by atoms with Crippen molar-refractivity contribution in [1.82, 2.24) is 4.90 Å². The van der Waals surface area contributed by atoms with E-state index in [-0.39, 0.29) is 5.41 Å². The smallest absolute Gasteiger partial charge is 0.0317 e. The molecular weight excluding hydrogens is 196 g/mol. The fraction of sp³-hybridized carbons (Fsp3) is 0.571. The molecule has 1 unspecified atom stereocenters. The molecule has 0 radical (unpaired) electrons. The van der Waals surface area contributed by atoms with Crippen molar-refractivity contribution in [2.24, 2.45) is 11.1 Å². The summed E-state index contributed by atoms with van der Waals surface area (Å²) in [6.07, 6.45) is 0. The Balaban J connectivity index is 2.65. The normalized spacial score (nSPS) is 14.1. The Morgan fingerprint density at radius 2 is 1.81 bits per heavy atom. The molecule has 0 heterocycles. The third-order valence-corrected chi connectivity index (χ3v) is 3.17. The third-order valence-electron chi connectivity index (χ3n) is 3.17. The predicted octanol–water partition coefficient (Wildman–Crippen LogP) is 2.66. The van der Waals surface area contributed by atoms with E-state index >= 15 is 0 Å². The van der Waals surface area contributed by atoms with Crippen LogP contribution in [0.15, 0.2) is 30.3 Å². The highest BCUT2D eigenvalue weighted by Gasteiger charge is 2.21. The van der Waals surface area contributed by atoms with E-state index in [1.807, 2.05) is 0 Å². The quantitative estimate of drug-likeness (QED) is 0.826. The number of rotatable bonds is 5. The van der Waals surface area contributed by atoms with E-state index in [1.165, 1.54) is 5.56 Å². The Labute approximate surface area is 99.5 Å². The van der Waals surface area contributed by atoms with Gasteiger partial charge < -0.3 is 5.73 Å². The van der Waals surface area contributed by atoms with Gasteiger partial charge in [0.25, 0.3) is 0 Å². The second kappa shape index (κ2) is 5.46. The maximum atomic E-state index is 5.77. The molecule has 0 saturated heterocycles. The van der Waals surface area contributed by atoms with Gasteiger partial charge in [-0.05, 0) is 31.5 Å². The van der Waals surface area contributed by atoms with Crippen molar-refractivity contribution in [3.63, 3.8) is 0 Å². The molecule has 1 aromatic carbocycles. The molecule has 90 valence electrons. The summed E-state index contributed by atoms with van der Waals surface area (Å²) in [6, 6.07) is 11.0. The summed E-state index contributed by atoms with van der Waals surface area (Å²) in [5, 5.41) is 0. The predicted molar refractivity (Wildman–Crippen MR) is 70.3 cm³/mol. The van der Waals surface area contributed by atoms with Gasteiger partial charge in [-0.15, -0.1) is 0 Å². The summed E-state index contributed by atoms with van der Waals surface area (Å²) in [6.45, 7) is 8.39. The lowest BCUT2D eigenvalue weighted by molar-refractivity contribution is 0.174. The standard InChI is InChI=1S/C14H24N2/c1-12(13-8-6-5-7-9-13)16(4)11-14(2,3)10-15/h5-9,12H,10-11,15H2,1-4H3. The van der Waals surface area contributed by atoms with Crippen LogP contribution in [0.25, 0.3) is 0 Å². The van der Waals surface area contributed by atoms with Crippen molar-refractivity contribution in [3.8, 4) is 0 Å². The van der Waals surface area contributed by atoms with Gasteiger partial charge in [0.2, 0.25) is 0 Å². The monoisotopic (exact) mass is 220 g/mol. The fourth-order valence-electron chi connectivity index (χ4n) is 1.86. The van der Waals surface area contributed by atoms with E-state index in [9.17, 15) is 0 Å². The van der Waals surface area contributed by atoms with Crippen molar-refractivity contribution in [2.45, 2.75) is 26.8 Å². The average Bonchev–Trinajstić information content (AvgIpc) is 2.28. The molecule has 0 aliphatic heterocycles. The first-order chi connectivity index (χ1) is 7.46. The van der Waals surface area contributed by atoms with Crippen molar-refractivity contribution in [3.05, 3.63) is 35.9 Å². The molecule has 0 aliphatic carbocycles. The molecule has 0 saturated carbocycles. The highest BCUT2D eigenvalue weighted by atomic mass is 15.1. The molecule has 2 nitrogen and oxygen atoms in total. The lowest BCUT2D eigenvalue weighted by Crippen LogP contribution is -2.37. The molecule has 1 rings (SSSR count). The van der Waals surface area contributed by atoms with Crippen LogP contribution in [-0.2, 0) is 0 Å². The maximum absolute atomic E-state index is 5.77. The lowest BCUT2D eigenvalue weighted by Gasteiger charge is -2.33. The summed E-state index contributed by atoms with van der Waals surface area (Å²) in [7, 11) is 2.16. The summed E-state index contributed by atoms with van der Waals surface area (Å²) in [5.41, 5.74) is 7.30. The van der Waals surface area contributed by atoms with Crippen LogP contribution in [0.2, 0.25) is 0 Å². The van der Waals surface area contributed by atoms with Gasteiger partial charge in [-0.1, -0.05) is 44.2 Å². The molecule has 0 aromatic heterocycles. The second-order valence-electron chi connectivity index (χ2n) is 5.37. The third kappa shape index (κ3) is 3.62.